The minimum atomic E-state index is 0.345. The van der Waals surface area contributed by atoms with Gasteiger partial charge in [0.15, 0.2) is 0 Å². The zero-order chi connectivity index (χ0) is 16.8. The van der Waals surface area contributed by atoms with Gasteiger partial charge in [-0.3, -0.25) is 4.68 Å². The normalized spacial score (nSPS) is 17.8. The second kappa shape index (κ2) is 5.58. The quantitative estimate of drug-likeness (QED) is 0.723. The van der Waals surface area contributed by atoms with Crippen LogP contribution in [-0.4, -0.2) is 26.3 Å². The van der Waals surface area contributed by atoms with Crippen molar-refractivity contribution in [3.05, 3.63) is 47.0 Å². The van der Waals surface area contributed by atoms with E-state index in [1.54, 1.807) is 6.33 Å². The van der Waals surface area contributed by atoms with Crippen LogP contribution in [0, 0.1) is 20.8 Å². The van der Waals surface area contributed by atoms with Crippen molar-refractivity contribution < 1.29 is 0 Å². The molecule has 5 nitrogen and oxygen atoms in total. The SMILES string of the molecule is Cc1ccc2ncnc(N3CCCC3c3c(C)nn(C)c3C)c2c1. The molecule has 0 bridgehead atoms. The van der Waals surface area contributed by atoms with Gasteiger partial charge in [-0.1, -0.05) is 11.6 Å². The van der Waals surface area contributed by atoms with Crippen LogP contribution in [0.5, 0.6) is 0 Å². The Balaban J connectivity index is 1.85. The van der Waals surface area contributed by atoms with Crippen molar-refractivity contribution in [3.8, 4) is 0 Å². The number of rotatable bonds is 2. The predicted octanol–water partition coefficient (Wildman–Crippen LogP) is 3.63. The number of hydrogen-bond acceptors (Lipinski definition) is 4. The number of hydrogen-bond donors (Lipinski definition) is 0. The summed E-state index contributed by atoms with van der Waals surface area (Å²) in [5.74, 6) is 1.05. The van der Waals surface area contributed by atoms with Crippen LogP contribution in [0.1, 0.15) is 41.4 Å². The molecular formula is C19H23N5. The van der Waals surface area contributed by atoms with Gasteiger partial charge in [-0.25, -0.2) is 9.97 Å². The fraction of sp³-hybridized carbons (Fsp3) is 0.421. The fourth-order valence-electron chi connectivity index (χ4n) is 3.98. The maximum atomic E-state index is 4.66. The largest absolute Gasteiger partial charge is 0.349 e. The summed E-state index contributed by atoms with van der Waals surface area (Å²) in [6, 6.07) is 6.73. The van der Waals surface area contributed by atoms with E-state index < -0.39 is 0 Å². The molecule has 3 aromatic rings. The van der Waals surface area contributed by atoms with Crippen LogP contribution in [0.2, 0.25) is 0 Å². The third kappa shape index (κ3) is 2.27. The molecular weight excluding hydrogens is 298 g/mol. The van der Waals surface area contributed by atoms with Gasteiger partial charge in [0, 0.05) is 30.2 Å². The lowest BCUT2D eigenvalue weighted by Gasteiger charge is -2.27. The minimum absolute atomic E-state index is 0.345. The Bertz CT molecular complexity index is 912. The van der Waals surface area contributed by atoms with E-state index in [1.165, 1.54) is 23.2 Å². The molecule has 1 aliphatic heterocycles. The maximum Gasteiger partial charge on any atom is 0.140 e. The van der Waals surface area contributed by atoms with E-state index in [4.69, 9.17) is 0 Å². The predicted molar refractivity (Wildman–Crippen MR) is 96.3 cm³/mol. The van der Waals surface area contributed by atoms with Crippen LogP contribution in [0.25, 0.3) is 10.9 Å². The van der Waals surface area contributed by atoms with E-state index in [1.807, 2.05) is 11.7 Å². The highest BCUT2D eigenvalue weighted by molar-refractivity contribution is 5.90. The maximum absolute atomic E-state index is 4.66. The summed E-state index contributed by atoms with van der Waals surface area (Å²) in [7, 11) is 2.02. The van der Waals surface area contributed by atoms with Gasteiger partial charge in [-0.2, -0.15) is 5.10 Å². The van der Waals surface area contributed by atoms with Crippen molar-refractivity contribution in [1.82, 2.24) is 19.7 Å². The Morgan fingerprint density at radius 3 is 2.71 bits per heavy atom. The average Bonchev–Trinajstić information content (AvgIpc) is 3.11. The highest BCUT2D eigenvalue weighted by atomic mass is 15.3. The molecule has 0 radical (unpaired) electrons. The van der Waals surface area contributed by atoms with Gasteiger partial charge in [-0.15, -0.1) is 0 Å². The van der Waals surface area contributed by atoms with Crippen molar-refractivity contribution in [2.24, 2.45) is 7.05 Å². The molecule has 0 spiro atoms. The first kappa shape index (κ1) is 15.1. The molecule has 1 saturated heterocycles. The molecule has 1 aromatic carbocycles. The zero-order valence-corrected chi connectivity index (χ0v) is 14.7. The van der Waals surface area contributed by atoms with Crippen molar-refractivity contribution in [1.29, 1.82) is 0 Å². The Hall–Kier alpha value is -2.43. The summed E-state index contributed by atoms with van der Waals surface area (Å²) in [6.45, 7) is 7.42. The lowest BCUT2D eigenvalue weighted by atomic mass is 10.0. The molecule has 24 heavy (non-hydrogen) atoms. The van der Waals surface area contributed by atoms with Crippen molar-refractivity contribution in [2.45, 2.75) is 39.7 Å². The van der Waals surface area contributed by atoms with Crippen molar-refractivity contribution >= 4 is 16.7 Å². The van der Waals surface area contributed by atoms with E-state index in [-0.39, 0.29) is 0 Å². The summed E-state index contributed by atoms with van der Waals surface area (Å²) in [5.41, 5.74) is 5.98. The Morgan fingerprint density at radius 2 is 1.96 bits per heavy atom. The van der Waals surface area contributed by atoms with E-state index in [0.717, 1.165) is 35.4 Å². The third-order valence-electron chi connectivity index (χ3n) is 5.19. The first-order chi connectivity index (χ1) is 11.6. The van der Waals surface area contributed by atoms with Crippen molar-refractivity contribution in [2.75, 3.05) is 11.4 Å². The third-order valence-corrected chi connectivity index (χ3v) is 5.19. The minimum Gasteiger partial charge on any atom is -0.349 e. The number of nitrogens with zero attached hydrogens (tertiary/aromatic N) is 5. The van der Waals surface area contributed by atoms with E-state index in [9.17, 15) is 0 Å². The lowest BCUT2D eigenvalue weighted by molar-refractivity contribution is 0.694. The van der Waals surface area contributed by atoms with Gasteiger partial charge in [0.2, 0.25) is 0 Å². The smallest absolute Gasteiger partial charge is 0.140 e. The first-order valence-corrected chi connectivity index (χ1v) is 8.54. The van der Waals surface area contributed by atoms with Crippen LogP contribution in [-0.2, 0) is 7.05 Å². The van der Waals surface area contributed by atoms with Gasteiger partial charge in [0.25, 0.3) is 0 Å². The lowest BCUT2D eigenvalue weighted by Crippen LogP contribution is -2.24. The number of benzene rings is 1. The molecule has 2 aromatic heterocycles. The molecule has 1 fully saturated rings. The monoisotopic (exact) mass is 321 g/mol. The van der Waals surface area contributed by atoms with Gasteiger partial charge in [0.1, 0.15) is 12.1 Å². The van der Waals surface area contributed by atoms with Crippen LogP contribution in [0.15, 0.2) is 24.5 Å². The fourth-order valence-corrected chi connectivity index (χ4v) is 3.98. The van der Waals surface area contributed by atoms with Crippen LogP contribution < -0.4 is 4.90 Å². The van der Waals surface area contributed by atoms with Gasteiger partial charge < -0.3 is 4.90 Å². The Labute approximate surface area is 142 Å². The number of anilines is 1. The van der Waals surface area contributed by atoms with Crippen LogP contribution in [0.4, 0.5) is 5.82 Å². The topological polar surface area (TPSA) is 46.8 Å². The first-order valence-electron chi connectivity index (χ1n) is 8.54. The molecule has 1 aliphatic rings. The molecule has 5 heteroatoms. The molecule has 0 amide bonds. The standard InChI is InChI=1S/C19H23N5/c1-12-7-8-16-15(10-12)19(21-11-20-16)24-9-5-6-17(24)18-13(2)22-23(4)14(18)3/h7-8,10-11,17H,5-6,9H2,1-4H3. The van der Waals surface area contributed by atoms with Crippen LogP contribution >= 0.6 is 0 Å². The van der Waals surface area contributed by atoms with E-state index >= 15 is 0 Å². The highest BCUT2D eigenvalue weighted by Crippen LogP contribution is 2.40. The molecule has 0 aliphatic carbocycles. The van der Waals surface area contributed by atoms with E-state index in [2.05, 4.69) is 58.9 Å². The van der Waals surface area contributed by atoms with Crippen LogP contribution in [0.3, 0.4) is 0 Å². The van der Waals surface area contributed by atoms with E-state index in [0.29, 0.717) is 6.04 Å². The summed E-state index contributed by atoms with van der Waals surface area (Å²) < 4.78 is 1.99. The second-order valence-corrected chi connectivity index (χ2v) is 6.78. The number of fused-ring (bicyclic) bond motifs is 1. The molecule has 0 N–H and O–H groups in total. The Morgan fingerprint density at radius 1 is 1.12 bits per heavy atom. The summed E-state index contributed by atoms with van der Waals surface area (Å²) in [6.07, 6.45) is 4.01. The molecule has 4 rings (SSSR count). The summed E-state index contributed by atoms with van der Waals surface area (Å²) >= 11 is 0. The molecule has 1 unspecified atom stereocenters. The molecule has 3 heterocycles. The van der Waals surface area contributed by atoms with Gasteiger partial charge in [0.05, 0.1) is 17.3 Å². The number of aryl methyl sites for hydroxylation is 3. The second-order valence-electron chi connectivity index (χ2n) is 6.78. The van der Waals surface area contributed by atoms with Crippen molar-refractivity contribution in [3.63, 3.8) is 0 Å². The van der Waals surface area contributed by atoms with Gasteiger partial charge in [-0.05, 0) is 45.7 Å². The number of aromatic nitrogens is 4. The highest BCUT2D eigenvalue weighted by Gasteiger charge is 2.32. The molecule has 0 saturated carbocycles. The Kier molecular flexibility index (Phi) is 3.52. The molecule has 124 valence electrons. The summed E-state index contributed by atoms with van der Waals surface area (Å²) in [4.78, 5) is 11.5. The van der Waals surface area contributed by atoms with Gasteiger partial charge >= 0.3 is 0 Å². The average molecular weight is 321 g/mol. The summed E-state index contributed by atoms with van der Waals surface area (Å²) in [5, 5.41) is 5.76. The molecule has 1 atom stereocenters. The zero-order valence-electron chi connectivity index (χ0n) is 14.7.